The number of aromatic hydroxyl groups is 1. The normalized spacial score (nSPS) is 9.53. The Hall–Kier alpha value is -1.60. The second kappa shape index (κ2) is 5.32. The van der Waals surface area contributed by atoms with Crippen LogP contribution in [0.4, 0.5) is 8.78 Å². The first-order valence-corrected chi connectivity index (χ1v) is 4.46. The van der Waals surface area contributed by atoms with E-state index in [-0.39, 0.29) is 11.3 Å². The molecule has 2 nitrogen and oxygen atoms in total. The molecule has 0 fully saturated rings. The van der Waals surface area contributed by atoms with Crippen molar-refractivity contribution in [3.63, 3.8) is 0 Å². The Morgan fingerprint density at radius 2 is 2.00 bits per heavy atom. The first-order chi connectivity index (χ1) is 7.15. The quantitative estimate of drug-likeness (QED) is 0.575. The Kier molecular flexibility index (Phi) is 4.07. The lowest BCUT2D eigenvalue weighted by molar-refractivity contribution is 0.453. The number of rotatable bonds is 2. The Morgan fingerprint density at radius 1 is 1.33 bits per heavy atom. The van der Waals surface area contributed by atoms with Crippen LogP contribution in [0.2, 0.25) is 0 Å². The van der Waals surface area contributed by atoms with Crippen molar-refractivity contribution in [2.24, 2.45) is 0 Å². The number of benzene rings is 1. The van der Waals surface area contributed by atoms with Gasteiger partial charge in [-0.15, -0.1) is 0 Å². The van der Waals surface area contributed by atoms with E-state index >= 15 is 0 Å². The highest BCUT2D eigenvalue weighted by Crippen LogP contribution is 2.19. The van der Waals surface area contributed by atoms with Gasteiger partial charge in [-0.25, -0.2) is 8.78 Å². The van der Waals surface area contributed by atoms with Crippen molar-refractivity contribution in [3.8, 4) is 17.6 Å². The molecule has 0 heterocycles. The minimum atomic E-state index is -1.08. The van der Waals surface area contributed by atoms with Crippen molar-refractivity contribution < 1.29 is 13.9 Å². The Bertz CT molecular complexity index is 407. The van der Waals surface area contributed by atoms with Crippen LogP contribution in [0.25, 0.3) is 0 Å². The highest BCUT2D eigenvalue weighted by atomic mass is 19.2. The smallest absolute Gasteiger partial charge is 0.162 e. The minimum Gasteiger partial charge on any atom is -0.507 e. The SMILES string of the molecule is CNCCC#Cc1cc(F)c(F)cc1O. The minimum absolute atomic E-state index is 0.102. The molecule has 1 aromatic carbocycles. The first kappa shape index (κ1) is 11.5. The zero-order valence-electron chi connectivity index (χ0n) is 8.27. The van der Waals surface area contributed by atoms with E-state index in [2.05, 4.69) is 17.2 Å². The summed E-state index contributed by atoms with van der Waals surface area (Å²) < 4.78 is 25.4. The fourth-order valence-electron chi connectivity index (χ4n) is 0.982. The molecule has 0 spiro atoms. The van der Waals surface area contributed by atoms with E-state index in [1.165, 1.54) is 0 Å². The van der Waals surface area contributed by atoms with Crippen molar-refractivity contribution in [3.05, 3.63) is 29.3 Å². The third-order valence-corrected chi connectivity index (χ3v) is 1.76. The summed E-state index contributed by atoms with van der Waals surface area (Å²) in [6.07, 6.45) is 0.578. The molecule has 0 aromatic heterocycles. The van der Waals surface area contributed by atoms with Crippen LogP contribution >= 0.6 is 0 Å². The molecule has 0 unspecified atom stereocenters. The molecule has 0 saturated carbocycles. The molecule has 0 amide bonds. The number of hydrogen-bond acceptors (Lipinski definition) is 2. The third kappa shape index (κ3) is 3.22. The Balaban J connectivity index is 2.84. The standard InChI is InChI=1S/C11H11F2NO/c1-14-5-3-2-4-8-6-9(12)10(13)7-11(8)15/h6-7,14-15H,3,5H2,1H3. The van der Waals surface area contributed by atoms with E-state index in [1.54, 1.807) is 7.05 Å². The molecule has 1 rings (SSSR count). The topological polar surface area (TPSA) is 32.3 Å². The van der Waals surface area contributed by atoms with Gasteiger partial charge in [-0.3, -0.25) is 0 Å². The van der Waals surface area contributed by atoms with Crippen molar-refractivity contribution in [1.29, 1.82) is 0 Å². The van der Waals surface area contributed by atoms with Crippen molar-refractivity contribution in [2.75, 3.05) is 13.6 Å². The van der Waals surface area contributed by atoms with Gasteiger partial charge in [0.25, 0.3) is 0 Å². The lowest BCUT2D eigenvalue weighted by atomic mass is 10.2. The van der Waals surface area contributed by atoms with Gasteiger partial charge >= 0.3 is 0 Å². The average molecular weight is 211 g/mol. The molecule has 0 aliphatic heterocycles. The summed E-state index contributed by atoms with van der Waals surface area (Å²) in [6.45, 7) is 0.706. The molecule has 80 valence electrons. The largest absolute Gasteiger partial charge is 0.507 e. The van der Waals surface area contributed by atoms with Crippen molar-refractivity contribution >= 4 is 0 Å². The van der Waals surface area contributed by atoms with E-state index in [4.69, 9.17) is 0 Å². The van der Waals surface area contributed by atoms with Crippen LogP contribution in [0.1, 0.15) is 12.0 Å². The summed E-state index contributed by atoms with van der Waals surface area (Å²) in [7, 11) is 1.79. The Morgan fingerprint density at radius 3 is 2.67 bits per heavy atom. The van der Waals surface area contributed by atoms with Crippen LogP contribution in [-0.2, 0) is 0 Å². The summed E-state index contributed by atoms with van der Waals surface area (Å²) in [5.41, 5.74) is 0.102. The van der Waals surface area contributed by atoms with E-state index in [9.17, 15) is 13.9 Å². The van der Waals surface area contributed by atoms with Gasteiger partial charge < -0.3 is 10.4 Å². The second-order valence-electron chi connectivity index (χ2n) is 2.94. The third-order valence-electron chi connectivity index (χ3n) is 1.76. The molecule has 2 N–H and O–H groups in total. The van der Waals surface area contributed by atoms with Crippen LogP contribution in [0, 0.1) is 23.5 Å². The van der Waals surface area contributed by atoms with E-state index in [1.807, 2.05) is 0 Å². The summed E-state index contributed by atoms with van der Waals surface area (Å²) >= 11 is 0. The molecule has 0 radical (unpaired) electrons. The monoisotopic (exact) mass is 211 g/mol. The number of phenolic OH excluding ortho intramolecular Hbond substituents is 1. The predicted octanol–water partition coefficient (Wildman–Crippen LogP) is 1.63. The molecule has 0 saturated heterocycles. The fraction of sp³-hybridized carbons (Fsp3) is 0.273. The van der Waals surface area contributed by atoms with Gasteiger partial charge in [-0.2, -0.15) is 0 Å². The second-order valence-corrected chi connectivity index (χ2v) is 2.94. The number of nitrogens with one attached hydrogen (secondary N) is 1. The van der Waals surface area contributed by atoms with Gasteiger partial charge in [0.2, 0.25) is 0 Å². The van der Waals surface area contributed by atoms with E-state index < -0.39 is 11.6 Å². The van der Waals surface area contributed by atoms with Crippen LogP contribution in [-0.4, -0.2) is 18.7 Å². The molecule has 0 aliphatic rings. The maximum atomic E-state index is 12.8. The summed E-state index contributed by atoms with van der Waals surface area (Å²) in [4.78, 5) is 0. The van der Waals surface area contributed by atoms with E-state index in [0.29, 0.717) is 13.0 Å². The lowest BCUT2D eigenvalue weighted by Crippen LogP contribution is -2.05. The highest BCUT2D eigenvalue weighted by molar-refractivity contribution is 5.45. The van der Waals surface area contributed by atoms with Gasteiger partial charge in [0, 0.05) is 19.0 Å². The van der Waals surface area contributed by atoms with Crippen LogP contribution in [0.5, 0.6) is 5.75 Å². The molecule has 0 aliphatic carbocycles. The zero-order valence-corrected chi connectivity index (χ0v) is 8.27. The average Bonchev–Trinajstić information content (AvgIpc) is 2.20. The Labute approximate surface area is 86.9 Å². The fourth-order valence-corrected chi connectivity index (χ4v) is 0.982. The van der Waals surface area contributed by atoms with Gasteiger partial charge in [0.1, 0.15) is 5.75 Å². The van der Waals surface area contributed by atoms with E-state index in [0.717, 1.165) is 12.1 Å². The molecule has 15 heavy (non-hydrogen) atoms. The predicted molar refractivity (Wildman–Crippen MR) is 53.4 cm³/mol. The van der Waals surface area contributed by atoms with Gasteiger partial charge in [-0.05, 0) is 13.1 Å². The van der Waals surface area contributed by atoms with Crippen molar-refractivity contribution in [1.82, 2.24) is 5.32 Å². The first-order valence-electron chi connectivity index (χ1n) is 4.46. The van der Waals surface area contributed by atoms with Crippen LogP contribution in [0.15, 0.2) is 12.1 Å². The van der Waals surface area contributed by atoms with Crippen LogP contribution < -0.4 is 5.32 Å². The maximum absolute atomic E-state index is 12.8. The lowest BCUT2D eigenvalue weighted by Gasteiger charge is -1.98. The summed E-state index contributed by atoms with van der Waals surface area (Å²) in [5.74, 6) is 2.87. The summed E-state index contributed by atoms with van der Waals surface area (Å²) in [5, 5.41) is 12.1. The van der Waals surface area contributed by atoms with Crippen molar-refractivity contribution in [2.45, 2.75) is 6.42 Å². The number of hydrogen-bond donors (Lipinski definition) is 2. The summed E-state index contributed by atoms with van der Waals surface area (Å²) in [6, 6.07) is 1.61. The number of phenols is 1. The highest BCUT2D eigenvalue weighted by Gasteiger charge is 2.06. The zero-order chi connectivity index (χ0) is 11.3. The maximum Gasteiger partial charge on any atom is 0.162 e. The molecular weight excluding hydrogens is 200 g/mol. The molecule has 4 heteroatoms. The van der Waals surface area contributed by atoms with Gasteiger partial charge in [0.15, 0.2) is 11.6 Å². The molecule has 1 aromatic rings. The van der Waals surface area contributed by atoms with Gasteiger partial charge in [-0.1, -0.05) is 11.8 Å². The molecule has 0 atom stereocenters. The van der Waals surface area contributed by atoms with Crippen LogP contribution in [0.3, 0.4) is 0 Å². The number of halogens is 2. The molecular formula is C11H11F2NO. The molecule has 0 bridgehead atoms. The van der Waals surface area contributed by atoms with Gasteiger partial charge in [0.05, 0.1) is 5.56 Å².